The summed E-state index contributed by atoms with van der Waals surface area (Å²) in [6, 6.07) is 12.1. The molecule has 3 amide bonds. The van der Waals surface area contributed by atoms with Crippen molar-refractivity contribution in [2.45, 2.75) is 19.0 Å². The van der Waals surface area contributed by atoms with Crippen molar-refractivity contribution in [2.75, 3.05) is 13.2 Å². The molecule has 0 radical (unpaired) electrons. The van der Waals surface area contributed by atoms with E-state index >= 15 is 0 Å². The Bertz CT molecular complexity index is 1200. The highest BCUT2D eigenvalue weighted by molar-refractivity contribution is 9.10. The maximum atomic E-state index is 13.2. The van der Waals surface area contributed by atoms with Crippen molar-refractivity contribution in [2.24, 2.45) is 0 Å². The van der Waals surface area contributed by atoms with Gasteiger partial charge in [0.2, 0.25) is 11.7 Å². The number of aromatic nitrogens is 2. The van der Waals surface area contributed by atoms with Crippen molar-refractivity contribution in [1.82, 2.24) is 20.4 Å². The zero-order valence-electron chi connectivity index (χ0n) is 16.4. The van der Waals surface area contributed by atoms with Crippen molar-refractivity contribution in [3.05, 3.63) is 58.4 Å². The summed E-state index contributed by atoms with van der Waals surface area (Å²) in [5.74, 6) is 1.26. The number of fused-ring (bicyclic) bond motifs is 1. The Balaban J connectivity index is 1.38. The van der Waals surface area contributed by atoms with Gasteiger partial charge in [-0.05, 0) is 36.8 Å². The fraction of sp³-hybridized carbons (Fsp3) is 0.238. The SMILES string of the molecule is C[C@]1(c2ccc3c(c2)OCCO3)NC(=O)N(Cc2nc(-c3cccc(Br)c3)no2)C1=O. The van der Waals surface area contributed by atoms with E-state index in [0.29, 0.717) is 36.1 Å². The molecule has 0 aliphatic carbocycles. The van der Waals surface area contributed by atoms with E-state index in [0.717, 1.165) is 14.9 Å². The van der Waals surface area contributed by atoms with Gasteiger partial charge in [-0.3, -0.25) is 9.69 Å². The molecule has 2 aromatic carbocycles. The van der Waals surface area contributed by atoms with Gasteiger partial charge in [-0.15, -0.1) is 0 Å². The highest BCUT2D eigenvalue weighted by Gasteiger charge is 2.49. The van der Waals surface area contributed by atoms with E-state index in [9.17, 15) is 9.59 Å². The molecule has 31 heavy (non-hydrogen) atoms. The van der Waals surface area contributed by atoms with Crippen LogP contribution < -0.4 is 14.8 Å². The van der Waals surface area contributed by atoms with Gasteiger partial charge in [-0.2, -0.15) is 4.98 Å². The lowest BCUT2D eigenvalue weighted by Crippen LogP contribution is -2.41. The van der Waals surface area contributed by atoms with Crippen molar-refractivity contribution in [1.29, 1.82) is 0 Å². The van der Waals surface area contributed by atoms with Crippen LogP contribution in [0.5, 0.6) is 11.5 Å². The summed E-state index contributed by atoms with van der Waals surface area (Å²) in [5, 5.41) is 6.72. The number of nitrogens with zero attached hydrogens (tertiary/aromatic N) is 3. The average molecular weight is 485 g/mol. The van der Waals surface area contributed by atoms with E-state index in [-0.39, 0.29) is 12.4 Å². The van der Waals surface area contributed by atoms with E-state index in [1.54, 1.807) is 25.1 Å². The molecule has 1 aromatic heterocycles. The van der Waals surface area contributed by atoms with Crippen LogP contribution in [0.15, 0.2) is 51.5 Å². The van der Waals surface area contributed by atoms with E-state index < -0.39 is 17.5 Å². The second-order valence-corrected chi connectivity index (χ2v) is 8.24. The molecule has 0 spiro atoms. The molecule has 10 heteroatoms. The number of benzene rings is 2. The fourth-order valence-electron chi connectivity index (χ4n) is 3.59. The van der Waals surface area contributed by atoms with Crippen molar-refractivity contribution in [3.63, 3.8) is 0 Å². The molecule has 9 nitrogen and oxygen atoms in total. The number of carbonyl (C=O) groups is 2. The lowest BCUT2D eigenvalue weighted by atomic mass is 9.91. The van der Waals surface area contributed by atoms with Gasteiger partial charge in [0.1, 0.15) is 25.3 Å². The van der Waals surface area contributed by atoms with Crippen molar-refractivity contribution < 1.29 is 23.6 Å². The zero-order valence-corrected chi connectivity index (χ0v) is 18.0. The van der Waals surface area contributed by atoms with Crippen LogP contribution in [0.1, 0.15) is 18.4 Å². The monoisotopic (exact) mass is 484 g/mol. The van der Waals surface area contributed by atoms with Crippen LogP contribution in [0.2, 0.25) is 0 Å². The molecule has 3 heterocycles. The van der Waals surface area contributed by atoms with Crippen LogP contribution in [-0.4, -0.2) is 40.2 Å². The van der Waals surface area contributed by atoms with E-state index in [1.807, 2.05) is 24.3 Å². The van der Waals surface area contributed by atoms with Crippen LogP contribution in [-0.2, 0) is 16.9 Å². The first-order valence-corrected chi connectivity index (χ1v) is 10.4. The quantitative estimate of drug-likeness (QED) is 0.566. The van der Waals surface area contributed by atoms with Crippen LogP contribution in [0.4, 0.5) is 4.79 Å². The molecule has 158 valence electrons. The molecule has 0 unspecified atom stereocenters. The summed E-state index contributed by atoms with van der Waals surface area (Å²) >= 11 is 3.40. The largest absolute Gasteiger partial charge is 0.486 e. The molecule has 1 saturated heterocycles. The number of nitrogens with one attached hydrogen (secondary N) is 1. The highest BCUT2D eigenvalue weighted by Crippen LogP contribution is 2.37. The van der Waals surface area contributed by atoms with E-state index in [1.165, 1.54) is 0 Å². The molecule has 1 N–H and O–H groups in total. The third-order valence-electron chi connectivity index (χ3n) is 5.24. The number of amides is 3. The molecular weight excluding hydrogens is 468 g/mol. The molecule has 2 aliphatic rings. The van der Waals surface area contributed by atoms with E-state index in [4.69, 9.17) is 14.0 Å². The Morgan fingerprint density at radius 3 is 2.74 bits per heavy atom. The Morgan fingerprint density at radius 1 is 1.13 bits per heavy atom. The third kappa shape index (κ3) is 3.42. The average Bonchev–Trinajstić information content (AvgIpc) is 3.33. The number of hydrogen-bond acceptors (Lipinski definition) is 7. The molecule has 1 fully saturated rings. The first-order valence-electron chi connectivity index (χ1n) is 9.57. The minimum atomic E-state index is -1.25. The predicted octanol–water partition coefficient (Wildman–Crippen LogP) is 3.24. The minimum Gasteiger partial charge on any atom is -0.486 e. The second kappa shape index (κ2) is 7.38. The Kier molecular flexibility index (Phi) is 4.66. The molecule has 3 aromatic rings. The van der Waals surface area contributed by atoms with Crippen LogP contribution in [0.25, 0.3) is 11.4 Å². The van der Waals surface area contributed by atoms with E-state index in [2.05, 4.69) is 31.4 Å². The first kappa shape index (κ1) is 19.6. The lowest BCUT2D eigenvalue weighted by molar-refractivity contribution is -0.131. The lowest BCUT2D eigenvalue weighted by Gasteiger charge is -2.25. The van der Waals surface area contributed by atoms with Crippen LogP contribution >= 0.6 is 15.9 Å². The molecular formula is C21H17BrN4O5. The van der Waals surface area contributed by atoms with Crippen molar-refractivity contribution >= 4 is 27.9 Å². The number of hydrogen-bond donors (Lipinski definition) is 1. The number of ether oxygens (including phenoxy) is 2. The fourth-order valence-corrected chi connectivity index (χ4v) is 3.99. The molecule has 5 rings (SSSR count). The maximum absolute atomic E-state index is 13.2. The normalized spacial score (nSPS) is 20.1. The van der Waals surface area contributed by atoms with Gasteiger partial charge < -0.3 is 19.3 Å². The van der Waals surface area contributed by atoms with Gasteiger partial charge in [0.25, 0.3) is 5.91 Å². The van der Waals surface area contributed by atoms with Gasteiger partial charge in [-0.25, -0.2) is 4.79 Å². The number of imide groups is 1. The number of urea groups is 1. The topological polar surface area (TPSA) is 107 Å². The molecule has 0 saturated carbocycles. The summed E-state index contributed by atoms with van der Waals surface area (Å²) < 4.78 is 17.3. The number of halogens is 1. The van der Waals surface area contributed by atoms with Gasteiger partial charge in [0.05, 0.1) is 0 Å². The molecule has 2 aliphatic heterocycles. The Hall–Kier alpha value is -3.40. The summed E-state index contributed by atoms with van der Waals surface area (Å²) in [5.41, 5.74) is 0.0979. The highest BCUT2D eigenvalue weighted by atomic mass is 79.9. The first-order chi connectivity index (χ1) is 14.9. The molecule has 1 atom stereocenters. The van der Waals surface area contributed by atoms with Crippen LogP contribution in [0.3, 0.4) is 0 Å². The summed E-state index contributed by atoms with van der Waals surface area (Å²) in [6.45, 7) is 2.42. The van der Waals surface area contributed by atoms with Gasteiger partial charge >= 0.3 is 6.03 Å². The summed E-state index contributed by atoms with van der Waals surface area (Å²) in [4.78, 5) is 31.2. The van der Waals surface area contributed by atoms with Crippen molar-refractivity contribution in [3.8, 4) is 22.9 Å². The smallest absolute Gasteiger partial charge is 0.325 e. The predicted molar refractivity (Wildman–Crippen MR) is 111 cm³/mol. The van der Waals surface area contributed by atoms with Gasteiger partial charge in [-0.1, -0.05) is 39.3 Å². The molecule has 0 bridgehead atoms. The van der Waals surface area contributed by atoms with Gasteiger partial charge in [0, 0.05) is 10.0 Å². The Labute approximate surface area is 185 Å². The summed E-state index contributed by atoms with van der Waals surface area (Å²) in [6.07, 6.45) is 0. The Morgan fingerprint density at radius 2 is 1.94 bits per heavy atom. The maximum Gasteiger partial charge on any atom is 0.325 e. The number of carbonyl (C=O) groups excluding carboxylic acids is 2. The van der Waals surface area contributed by atoms with Crippen LogP contribution in [0, 0.1) is 0 Å². The zero-order chi connectivity index (χ0) is 21.6. The second-order valence-electron chi connectivity index (χ2n) is 7.33. The standard InChI is InChI=1S/C21H17BrN4O5/c1-21(13-5-6-15-16(10-13)30-8-7-29-15)19(27)26(20(28)24-21)11-17-23-18(25-31-17)12-3-2-4-14(22)9-12/h2-6,9-10H,7-8,11H2,1H3,(H,24,28)/t21-/m1/s1. The number of rotatable bonds is 4. The third-order valence-corrected chi connectivity index (χ3v) is 5.73. The summed E-state index contributed by atoms with van der Waals surface area (Å²) in [7, 11) is 0. The minimum absolute atomic E-state index is 0.133. The van der Waals surface area contributed by atoms with Gasteiger partial charge in [0.15, 0.2) is 11.5 Å².